The Balaban J connectivity index is 1.43. The molecule has 0 bridgehead atoms. The van der Waals surface area contributed by atoms with Gasteiger partial charge in [0.15, 0.2) is 0 Å². The second-order valence-corrected chi connectivity index (χ2v) is 7.44. The molecule has 2 N–H and O–H groups in total. The van der Waals surface area contributed by atoms with Crippen molar-refractivity contribution >= 4 is 17.7 Å². The summed E-state index contributed by atoms with van der Waals surface area (Å²) in [4.78, 5) is 39.1. The number of carbonyl (C=O) groups is 3. The van der Waals surface area contributed by atoms with E-state index in [9.17, 15) is 14.4 Å². The number of nitrogens with one attached hydrogen (secondary N) is 2. The monoisotopic (exact) mass is 371 g/mol. The minimum Gasteiger partial charge on any atom is -0.353 e. The van der Waals surface area contributed by atoms with E-state index < -0.39 is 0 Å². The summed E-state index contributed by atoms with van der Waals surface area (Å²) in [5.41, 5.74) is 0.601. The SMILES string of the molecule is O=C(NCCNC(=O)C1CCCN1C(=O)C1CCCCC1)c1ccccc1. The molecule has 0 radical (unpaired) electrons. The topological polar surface area (TPSA) is 78.5 Å². The summed E-state index contributed by atoms with van der Waals surface area (Å²) in [5.74, 6) is -0.00696. The van der Waals surface area contributed by atoms with Crippen molar-refractivity contribution in [2.24, 2.45) is 5.92 Å². The number of carbonyl (C=O) groups excluding carboxylic acids is 3. The highest BCUT2D eigenvalue weighted by molar-refractivity contribution is 5.94. The predicted molar refractivity (Wildman–Crippen MR) is 103 cm³/mol. The van der Waals surface area contributed by atoms with Gasteiger partial charge in [0.1, 0.15) is 6.04 Å². The van der Waals surface area contributed by atoms with Gasteiger partial charge in [0.25, 0.3) is 5.91 Å². The molecule has 2 fully saturated rings. The van der Waals surface area contributed by atoms with E-state index >= 15 is 0 Å². The lowest BCUT2D eigenvalue weighted by Gasteiger charge is -2.30. The minimum atomic E-state index is -0.357. The van der Waals surface area contributed by atoms with Crippen LogP contribution < -0.4 is 10.6 Å². The van der Waals surface area contributed by atoms with Gasteiger partial charge in [0.05, 0.1) is 0 Å². The second-order valence-electron chi connectivity index (χ2n) is 7.44. The Morgan fingerprint density at radius 2 is 1.59 bits per heavy atom. The van der Waals surface area contributed by atoms with E-state index in [0.717, 1.165) is 38.5 Å². The maximum atomic E-state index is 12.8. The van der Waals surface area contributed by atoms with Crippen LogP contribution in [0.2, 0.25) is 0 Å². The lowest BCUT2D eigenvalue weighted by Crippen LogP contribution is -2.49. The Labute approximate surface area is 160 Å². The van der Waals surface area contributed by atoms with E-state index in [2.05, 4.69) is 10.6 Å². The predicted octanol–water partition coefficient (Wildman–Crippen LogP) is 2.10. The van der Waals surface area contributed by atoms with Crippen molar-refractivity contribution in [1.29, 1.82) is 0 Å². The summed E-state index contributed by atoms with van der Waals surface area (Å²) in [6, 6.07) is 8.63. The van der Waals surface area contributed by atoms with Crippen LogP contribution in [-0.4, -0.2) is 48.3 Å². The van der Waals surface area contributed by atoms with E-state index in [1.807, 2.05) is 18.2 Å². The lowest BCUT2D eigenvalue weighted by molar-refractivity contribution is -0.142. The van der Waals surface area contributed by atoms with Crippen LogP contribution in [0.25, 0.3) is 0 Å². The van der Waals surface area contributed by atoms with E-state index in [1.165, 1.54) is 6.42 Å². The molecule has 3 rings (SSSR count). The minimum absolute atomic E-state index is 0.0947. The molecule has 3 amide bonds. The summed E-state index contributed by atoms with van der Waals surface area (Å²) < 4.78 is 0. The van der Waals surface area contributed by atoms with Crippen molar-refractivity contribution in [2.45, 2.75) is 51.0 Å². The van der Waals surface area contributed by atoms with Gasteiger partial charge in [0.2, 0.25) is 11.8 Å². The van der Waals surface area contributed by atoms with E-state index in [0.29, 0.717) is 25.2 Å². The standard InChI is InChI=1S/C21H29N3O3/c25-19(16-8-3-1-4-9-16)22-13-14-23-20(26)18-12-7-15-24(18)21(27)17-10-5-2-6-11-17/h1,3-4,8-9,17-18H,2,5-7,10-15H2,(H,22,25)(H,23,26). The van der Waals surface area contributed by atoms with Crippen LogP contribution >= 0.6 is 0 Å². The molecule has 1 unspecified atom stereocenters. The largest absolute Gasteiger partial charge is 0.353 e. The van der Waals surface area contributed by atoms with Crippen LogP contribution in [0.15, 0.2) is 30.3 Å². The fraction of sp³-hybridized carbons (Fsp3) is 0.571. The van der Waals surface area contributed by atoms with Crippen LogP contribution in [0, 0.1) is 5.92 Å². The average molecular weight is 371 g/mol. The van der Waals surface area contributed by atoms with Crippen LogP contribution in [-0.2, 0) is 9.59 Å². The maximum absolute atomic E-state index is 12.8. The van der Waals surface area contributed by atoms with Crippen LogP contribution in [0.5, 0.6) is 0 Å². The van der Waals surface area contributed by atoms with Crippen LogP contribution in [0.3, 0.4) is 0 Å². The molecule has 1 atom stereocenters. The summed E-state index contributed by atoms with van der Waals surface area (Å²) in [6.45, 7) is 1.40. The van der Waals surface area contributed by atoms with Gasteiger partial charge in [-0.2, -0.15) is 0 Å². The Hall–Kier alpha value is -2.37. The summed E-state index contributed by atoms with van der Waals surface area (Å²) in [5, 5.41) is 5.67. The van der Waals surface area contributed by atoms with Gasteiger partial charge < -0.3 is 15.5 Å². The first-order valence-corrected chi connectivity index (χ1v) is 10.1. The number of rotatable bonds is 6. The van der Waals surface area contributed by atoms with E-state index in [-0.39, 0.29) is 29.7 Å². The molecule has 6 nitrogen and oxygen atoms in total. The second kappa shape index (κ2) is 9.53. The number of likely N-dealkylation sites (tertiary alicyclic amines) is 1. The highest BCUT2D eigenvalue weighted by atomic mass is 16.2. The highest BCUT2D eigenvalue weighted by Gasteiger charge is 2.37. The molecule has 0 spiro atoms. The number of benzene rings is 1. The van der Waals surface area contributed by atoms with Crippen molar-refractivity contribution in [3.05, 3.63) is 35.9 Å². The van der Waals surface area contributed by atoms with Gasteiger partial charge in [-0.3, -0.25) is 14.4 Å². The van der Waals surface area contributed by atoms with Crippen molar-refractivity contribution in [1.82, 2.24) is 15.5 Å². The number of nitrogens with zero attached hydrogens (tertiary/aromatic N) is 1. The normalized spacial score (nSPS) is 20.3. The zero-order chi connectivity index (χ0) is 19.1. The molecular formula is C21H29N3O3. The number of hydrogen-bond donors (Lipinski definition) is 2. The zero-order valence-electron chi connectivity index (χ0n) is 15.8. The molecular weight excluding hydrogens is 342 g/mol. The first-order chi connectivity index (χ1) is 13.2. The smallest absolute Gasteiger partial charge is 0.251 e. The van der Waals surface area contributed by atoms with Gasteiger partial charge in [-0.25, -0.2) is 0 Å². The molecule has 2 aliphatic rings. The lowest BCUT2D eigenvalue weighted by atomic mass is 9.88. The Kier molecular flexibility index (Phi) is 6.85. The zero-order valence-corrected chi connectivity index (χ0v) is 15.8. The third kappa shape index (κ3) is 5.08. The first kappa shape index (κ1) is 19.4. The van der Waals surface area contributed by atoms with E-state index in [1.54, 1.807) is 17.0 Å². The molecule has 1 aliphatic carbocycles. The molecule has 1 saturated carbocycles. The molecule has 1 aromatic rings. The molecule has 1 heterocycles. The van der Waals surface area contributed by atoms with Crippen molar-refractivity contribution in [3.8, 4) is 0 Å². The summed E-state index contributed by atoms with van der Waals surface area (Å²) in [7, 11) is 0. The van der Waals surface area contributed by atoms with Gasteiger partial charge in [-0.05, 0) is 37.8 Å². The average Bonchev–Trinajstić information content (AvgIpc) is 3.21. The molecule has 27 heavy (non-hydrogen) atoms. The third-order valence-corrected chi connectivity index (χ3v) is 5.54. The molecule has 0 aromatic heterocycles. The van der Waals surface area contributed by atoms with Crippen LogP contribution in [0.4, 0.5) is 0 Å². The summed E-state index contributed by atoms with van der Waals surface area (Å²) >= 11 is 0. The molecule has 6 heteroatoms. The van der Waals surface area contributed by atoms with Gasteiger partial charge in [-0.1, -0.05) is 37.5 Å². The Morgan fingerprint density at radius 1 is 0.889 bits per heavy atom. The fourth-order valence-electron chi connectivity index (χ4n) is 4.06. The van der Waals surface area contributed by atoms with Crippen molar-refractivity contribution < 1.29 is 14.4 Å². The maximum Gasteiger partial charge on any atom is 0.251 e. The number of amides is 3. The van der Waals surface area contributed by atoms with Gasteiger partial charge in [0, 0.05) is 31.1 Å². The molecule has 146 valence electrons. The molecule has 1 aliphatic heterocycles. The van der Waals surface area contributed by atoms with Gasteiger partial charge in [-0.15, -0.1) is 0 Å². The molecule has 1 saturated heterocycles. The van der Waals surface area contributed by atoms with Gasteiger partial charge >= 0.3 is 0 Å². The first-order valence-electron chi connectivity index (χ1n) is 10.1. The Morgan fingerprint density at radius 3 is 2.33 bits per heavy atom. The third-order valence-electron chi connectivity index (χ3n) is 5.54. The summed E-state index contributed by atoms with van der Waals surface area (Å²) in [6.07, 6.45) is 6.94. The van der Waals surface area contributed by atoms with Crippen LogP contribution in [0.1, 0.15) is 55.3 Å². The van der Waals surface area contributed by atoms with E-state index in [4.69, 9.17) is 0 Å². The molecule has 1 aromatic carbocycles. The quantitative estimate of drug-likeness (QED) is 0.752. The van der Waals surface area contributed by atoms with Crippen molar-refractivity contribution in [3.63, 3.8) is 0 Å². The highest BCUT2D eigenvalue weighted by Crippen LogP contribution is 2.28. The number of hydrogen-bond acceptors (Lipinski definition) is 3. The Bertz CT molecular complexity index is 656. The fourth-order valence-corrected chi connectivity index (χ4v) is 4.06. The van der Waals surface area contributed by atoms with Crippen molar-refractivity contribution in [2.75, 3.05) is 19.6 Å².